The summed E-state index contributed by atoms with van der Waals surface area (Å²) in [5, 5.41) is 0.951. The van der Waals surface area contributed by atoms with E-state index in [1.54, 1.807) is 6.33 Å². The zero-order valence-corrected chi connectivity index (χ0v) is 7.87. The predicted octanol–water partition coefficient (Wildman–Crippen LogP) is -1.42. The van der Waals surface area contributed by atoms with Gasteiger partial charge in [0.2, 0.25) is 0 Å². The van der Waals surface area contributed by atoms with Crippen LogP contribution in [0, 0.1) is 0 Å². The molecule has 1 aliphatic rings. The third-order valence-corrected chi connectivity index (χ3v) is 2.93. The van der Waals surface area contributed by atoms with Crippen molar-refractivity contribution >= 4 is 29.2 Å². The van der Waals surface area contributed by atoms with E-state index in [1.165, 1.54) is 0 Å². The first-order valence-electron chi connectivity index (χ1n) is 2.56. The summed E-state index contributed by atoms with van der Waals surface area (Å²) < 4.78 is 8.32. The van der Waals surface area contributed by atoms with Gasteiger partial charge >= 0.3 is 62.3 Å². The van der Waals surface area contributed by atoms with Gasteiger partial charge in [-0.1, -0.05) is 0 Å². The van der Waals surface area contributed by atoms with Crippen LogP contribution >= 0.6 is 0 Å². The topological polar surface area (TPSA) is 53.4 Å². The standard InChI is InChI=1S/C4H3N4.In/c5-1-3-4(6)8-2-7-3;/h1-2H,(H-,6,7,8);/q-1;+1. The molecule has 0 saturated carbocycles. The zero-order valence-electron chi connectivity index (χ0n) is 4.57. The second-order valence-corrected chi connectivity index (χ2v) is 3.91. The van der Waals surface area contributed by atoms with Gasteiger partial charge in [0, 0.05) is 0 Å². The Bertz CT molecular complexity index is 316. The van der Waals surface area contributed by atoms with Gasteiger partial charge in [-0.05, 0) is 0 Å². The van der Waals surface area contributed by atoms with E-state index < -0.39 is 23.0 Å². The Morgan fingerprint density at radius 1 is 1.56 bits per heavy atom. The monoisotopic (exact) mass is 222 g/mol. The Balaban J connectivity index is 2.99. The van der Waals surface area contributed by atoms with Crippen LogP contribution < -0.4 is 10.8 Å². The van der Waals surface area contributed by atoms with Gasteiger partial charge in [0.1, 0.15) is 0 Å². The molecule has 0 unspecified atom stereocenters. The van der Waals surface area contributed by atoms with Crippen LogP contribution in [-0.2, 0) is 0 Å². The number of hydrogen-bond acceptors (Lipinski definition) is 3. The maximum absolute atomic E-state index is 4.20. The van der Waals surface area contributed by atoms with E-state index in [0.29, 0.717) is 0 Å². The average Bonchev–Trinajstić information content (AvgIpc) is 2.33. The molecule has 42 valence electrons. The van der Waals surface area contributed by atoms with Gasteiger partial charge in [0.15, 0.2) is 0 Å². The normalized spacial score (nSPS) is 12.9. The predicted molar refractivity (Wildman–Crippen MR) is 32.0 cm³/mol. The number of rotatable bonds is 0. The second-order valence-electron chi connectivity index (χ2n) is 1.66. The Hall–Kier alpha value is -0.450. The summed E-state index contributed by atoms with van der Waals surface area (Å²) in [7, 11) is 0. The van der Waals surface area contributed by atoms with Crippen molar-refractivity contribution in [2.24, 2.45) is 5.90 Å². The maximum atomic E-state index is 4.20. The summed E-state index contributed by atoms with van der Waals surface area (Å²) >= 11 is -0.953. The summed E-state index contributed by atoms with van der Waals surface area (Å²) in [5.41, 5.74) is 0.853. The van der Waals surface area contributed by atoms with Crippen molar-refractivity contribution in [1.82, 2.24) is 9.97 Å². The summed E-state index contributed by atoms with van der Waals surface area (Å²) in [6.07, 6.45) is 3.48. The molecule has 2 rings (SSSR count). The van der Waals surface area contributed by atoms with Crippen molar-refractivity contribution in [2.45, 2.75) is 0 Å². The fourth-order valence-electron chi connectivity index (χ4n) is 0.691. The van der Waals surface area contributed by atoms with Crippen molar-refractivity contribution in [3.63, 3.8) is 0 Å². The Morgan fingerprint density at radius 3 is 3.44 bits per heavy atom. The Morgan fingerprint density at radius 2 is 2.56 bits per heavy atom. The molecule has 1 aromatic heterocycles. The van der Waals surface area contributed by atoms with Crippen molar-refractivity contribution in [2.75, 3.05) is 0 Å². The number of H-pyrrole nitrogens is 1. The van der Waals surface area contributed by atoms with Crippen LogP contribution in [0.1, 0.15) is 0 Å². The summed E-state index contributed by atoms with van der Waals surface area (Å²) in [6, 6.07) is 0. The van der Waals surface area contributed by atoms with Gasteiger partial charge < -0.3 is 0 Å². The van der Waals surface area contributed by atoms with E-state index >= 15 is 0 Å². The summed E-state index contributed by atoms with van der Waals surface area (Å²) in [6.45, 7) is 0. The van der Waals surface area contributed by atoms with E-state index in [0.717, 1.165) is 10.8 Å². The number of nitrogens with one attached hydrogen (secondary N) is 1. The number of aromatic nitrogens is 2. The molecule has 0 aliphatic carbocycles. The number of hydrogen-bond donors (Lipinski definition) is 1. The Labute approximate surface area is 62.4 Å². The second kappa shape index (κ2) is 2.06. The zero-order chi connectivity index (χ0) is 6.10. The minimum atomic E-state index is -0.953. The van der Waals surface area contributed by atoms with E-state index in [2.05, 4.69) is 15.9 Å². The van der Waals surface area contributed by atoms with Crippen molar-refractivity contribution < 1.29 is 0 Å². The van der Waals surface area contributed by atoms with Crippen molar-refractivity contribution in [1.29, 1.82) is 0 Å². The van der Waals surface area contributed by atoms with Crippen LogP contribution in [0.25, 0.3) is 6.20 Å². The van der Waals surface area contributed by atoms with Crippen LogP contribution in [0.15, 0.2) is 12.2 Å². The number of nitrogens with zero attached hydrogens (tertiary/aromatic N) is 3. The van der Waals surface area contributed by atoms with Crippen LogP contribution in [0.3, 0.4) is 0 Å². The molecule has 5 heteroatoms. The van der Waals surface area contributed by atoms with E-state index in [4.69, 9.17) is 0 Å². The van der Waals surface area contributed by atoms with Crippen LogP contribution in [0.2, 0.25) is 0 Å². The van der Waals surface area contributed by atoms with Gasteiger partial charge in [0.25, 0.3) is 0 Å². The fraction of sp³-hybridized carbons (Fsp3) is 0. The molecular formula is C4H3InN4. The first kappa shape index (κ1) is 5.34. The fourth-order valence-corrected chi connectivity index (χ4v) is 2.40. The SMILES string of the molecule is C1=c2[nH]cnc2=[N][In]=[N]1. The minimum absolute atomic E-state index is 0.853. The molecule has 4 nitrogen and oxygen atoms in total. The molecule has 0 radical (unpaired) electrons. The number of aromatic amines is 1. The van der Waals surface area contributed by atoms with E-state index in [1.807, 2.05) is 6.20 Å². The van der Waals surface area contributed by atoms with Gasteiger partial charge in [-0.2, -0.15) is 0 Å². The van der Waals surface area contributed by atoms with Crippen LogP contribution in [0.5, 0.6) is 0 Å². The molecule has 0 aromatic carbocycles. The van der Waals surface area contributed by atoms with Crippen molar-refractivity contribution in [3.05, 3.63) is 17.2 Å². The average molecular weight is 222 g/mol. The van der Waals surface area contributed by atoms with Crippen LogP contribution in [-0.4, -0.2) is 33.0 Å². The van der Waals surface area contributed by atoms with E-state index in [-0.39, 0.29) is 0 Å². The Kier molecular flexibility index (Phi) is 1.22. The first-order chi connectivity index (χ1) is 4.47. The molecule has 0 fully saturated rings. The van der Waals surface area contributed by atoms with Gasteiger partial charge in [0.05, 0.1) is 0 Å². The number of fused-ring (bicyclic) bond motifs is 1. The molecule has 1 aliphatic heterocycles. The van der Waals surface area contributed by atoms with Gasteiger partial charge in [-0.25, -0.2) is 0 Å². The number of imidazole rings is 1. The molecule has 9 heavy (non-hydrogen) atoms. The molecule has 1 aromatic rings. The molecule has 0 spiro atoms. The van der Waals surface area contributed by atoms with Crippen molar-refractivity contribution in [3.8, 4) is 0 Å². The van der Waals surface area contributed by atoms with Gasteiger partial charge in [-0.3, -0.25) is 0 Å². The molecule has 2 heterocycles. The molecule has 0 saturated heterocycles. The van der Waals surface area contributed by atoms with E-state index in [9.17, 15) is 0 Å². The third-order valence-electron chi connectivity index (χ3n) is 1.10. The third kappa shape index (κ3) is 0.849. The molecule has 1 N–H and O–H groups in total. The molecule has 0 amide bonds. The first-order valence-corrected chi connectivity index (χ1v) is 5.51. The summed E-state index contributed by atoms with van der Waals surface area (Å²) in [5.74, 6) is 0. The molecule has 0 bridgehead atoms. The van der Waals surface area contributed by atoms with Crippen LogP contribution in [0.4, 0.5) is 0 Å². The summed E-state index contributed by atoms with van der Waals surface area (Å²) in [4.78, 5) is 6.92. The molecule has 0 atom stereocenters. The molecular weight excluding hydrogens is 219 g/mol. The van der Waals surface area contributed by atoms with Gasteiger partial charge in [-0.15, -0.1) is 0 Å². The quantitative estimate of drug-likeness (QED) is 0.575.